The van der Waals surface area contributed by atoms with Gasteiger partial charge in [0.2, 0.25) is 0 Å². The van der Waals surface area contributed by atoms with Crippen molar-refractivity contribution in [3.63, 3.8) is 0 Å². The van der Waals surface area contributed by atoms with Crippen molar-refractivity contribution in [1.29, 1.82) is 0 Å². The minimum atomic E-state index is -3.34. The smallest absolute Gasteiger partial charge is 0.282 e. The monoisotopic (exact) mass is 402 g/mol. The maximum atomic E-state index is 12.7. The molecular formula is C17H27ClN4O3S. The zero-order chi connectivity index (χ0) is 17.3. The van der Waals surface area contributed by atoms with Gasteiger partial charge in [-0.3, -0.25) is 4.90 Å². The summed E-state index contributed by atoms with van der Waals surface area (Å²) >= 11 is 0. The zero-order valence-electron chi connectivity index (χ0n) is 14.9. The molecule has 26 heavy (non-hydrogen) atoms. The van der Waals surface area contributed by atoms with Crippen molar-refractivity contribution in [2.75, 3.05) is 64.3 Å². The Morgan fingerprint density at radius 1 is 1.00 bits per heavy atom. The van der Waals surface area contributed by atoms with Gasteiger partial charge in [0.15, 0.2) is 0 Å². The van der Waals surface area contributed by atoms with Crippen LogP contribution >= 0.6 is 12.4 Å². The number of anilines is 1. The van der Waals surface area contributed by atoms with Gasteiger partial charge in [0, 0.05) is 58.0 Å². The number of nitrogens with zero attached hydrogens (tertiary/aromatic N) is 3. The van der Waals surface area contributed by atoms with Crippen LogP contribution in [-0.4, -0.2) is 81.0 Å². The minimum absolute atomic E-state index is 0. The van der Waals surface area contributed by atoms with E-state index < -0.39 is 10.2 Å². The lowest BCUT2D eigenvalue weighted by Gasteiger charge is -2.37. The first-order chi connectivity index (χ1) is 12.1. The average molecular weight is 403 g/mol. The molecule has 0 aliphatic carbocycles. The Balaban J connectivity index is 0.00000196. The highest BCUT2D eigenvalue weighted by atomic mass is 35.5. The largest absolute Gasteiger partial charge is 0.384 e. The van der Waals surface area contributed by atoms with Gasteiger partial charge in [0.25, 0.3) is 10.2 Å². The number of hydrogen-bond donors (Lipinski definition) is 1. The summed E-state index contributed by atoms with van der Waals surface area (Å²) in [7, 11) is -3.34. The molecule has 0 aromatic heterocycles. The molecule has 2 saturated heterocycles. The van der Waals surface area contributed by atoms with Crippen LogP contribution in [0.2, 0.25) is 0 Å². The van der Waals surface area contributed by atoms with Crippen LogP contribution in [0.5, 0.6) is 0 Å². The van der Waals surface area contributed by atoms with Crippen molar-refractivity contribution in [1.82, 2.24) is 13.5 Å². The summed E-state index contributed by atoms with van der Waals surface area (Å²) in [5.41, 5.74) is 4.00. The molecular weight excluding hydrogens is 376 g/mol. The van der Waals surface area contributed by atoms with Crippen LogP contribution in [0, 0.1) is 0 Å². The van der Waals surface area contributed by atoms with E-state index in [1.54, 1.807) is 8.61 Å². The Morgan fingerprint density at radius 2 is 1.69 bits per heavy atom. The Morgan fingerprint density at radius 3 is 2.42 bits per heavy atom. The third kappa shape index (κ3) is 4.00. The summed E-state index contributed by atoms with van der Waals surface area (Å²) in [6.07, 6.45) is 1.09. The molecule has 7 nitrogen and oxygen atoms in total. The van der Waals surface area contributed by atoms with Crippen LogP contribution in [0.1, 0.15) is 11.1 Å². The van der Waals surface area contributed by atoms with Crippen molar-refractivity contribution in [3.05, 3.63) is 29.3 Å². The fourth-order valence-corrected chi connectivity index (χ4v) is 5.40. The molecule has 146 valence electrons. The molecule has 0 unspecified atom stereocenters. The number of halogens is 1. The fraction of sp³-hybridized carbons (Fsp3) is 0.647. The van der Waals surface area contributed by atoms with E-state index in [1.807, 2.05) is 0 Å². The van der Waals surface area contributed by atoms with Crippen molar-refractivity contribution >= 4 is 28.3 Å². The van der Waals surface area contributed by atoms with Crippen LogP contribution in [0.4, 0.5) is 5.69 Å². The zero-order valence-corrected chi connectivity index (χ0v) is 16.5. The molecule has 0 radical (unpaired) electrons. The van der Waals surface area contributed by atoms with Gasteiger partial charge in [-0.05, 0) is 17.5 Å². The van der Waals surface area contributed by atoms with Crippen molar-refractivity contribution in [2.24, 2.45) is 0 Å². The van der Waals surface area contributed by atoms with Crippen molar-refractivity contribution in [3.8, 4) is 0 Å². The second kappa shape index (κ2) is 8.41. The first kappa shape index (κ1) is 19.9. The molecule has 3 aliphatic rings. The number of para-hydroxylation sites is 1. The molecule has 9 heteroatoms. The molecule has 3 aliphatic heterocycles. The molecule has 2 fully saturated rings. The van der Waals surface area contributed by atoms with Crippen LogP contribution < -0.4 is 5.32 Å². The summed E-state index contributed by atoms with van der Waals surface area (Å²) in [4.78, 5) is 2.35. The second-order valence-corrected chi connectivity index (χ2v) is 8.75. The Labute approximate surface area is 161 Å². The molecule has 0 atom stereocenters. The quantitative estimate of drug-likeness (QED) is 0.806. The summed E-state index contributed by atoms with van der Waals surface area (Å²) in [5, 5.41) is 3.48. The molecule has 0 bridgehead atoms. The third-order valence-electron chi connectivity index (χ3n) is 5.28. The van der Waals surface area contributed by atoms with E-state index in [0.29, 0.717) is 39.4 Å². The predicted molar refractivity (Wildman–Crippen MR) is 104 cm³/mol. The lowest BCUT2D eigenvalue weighted by molar-refractivity contribution is 0.0684. The SMILES string of the molecule is Cl.O=S(=O)(N1CCOCC1)N1CCN(Cc2cccc3c2NCC3)CC1. The molecule has 4 rings (SSSR count). The number of rotatable bonds is 4. The van der Waals surface area contributed by atoms with E-state index >= 15 is 0 Å². The second-order valence-electron chi connectivity index (χ2n) is 6.82. The fourth-order valence-electron chi connectivity index (χ4n) is 3.84. The van der Waals surface area contributed by atoms with Gasteiger partial charge in [0.1, 0.15) is 0 Å². The number of benzene rings is 1. The molecule has 1 aromatic carbocycles. The number of hydrogen-bond acceptors (Lipinski definition) is 5. The van der Waals surface area contributed by atoms with Gasteiger partial charge in [0.05, 0.1) is 13.2 Å². The summed E-state index contributed by atoms with van der Waals surface area (Å²) < 4.78 is 33.9. The highest BCUT2D eigenvalue weighted by molar-refractivity contribution is 7.86. The van der Waals surface area contributed by atoms with Crippen molar-refractivity contribution in [2.45, 2.75) is 13.0 Å². The standard InChI is InChI=1S/C17H26N4O3S.ClH/c22-25(23,21-10-12-24-13-11-21)20-8-6-19(7-9-20)14-16-3-1-2-15-4-5-18-17(15)16;/h1-3,18H,4-14H2;1H. The molecule has 1 aromatic rings. The predicted octanol–water partition coefficient (Wildman–Crippen LogP) is 0.771. The maximum Gasteiger partial charge on any atom is 0.282 e. The molecule has 1 N–H and O–H groups in total. The number of nitrogens with one attached hydrogen (secondary N) is 1. The Hall–Kier alpha value is -0.900. The highest BCUT2D eigenvalue weighted by Crippen LogP contribution is 2.27. The molecule has 0 saturated carbocycles. The number of ether oxygens (including phenoxy) is 1. The highest BCUT2D eigenvalue weighted by Gasteiger charge is 2.33. The van der Waals surface area contributed by atoms with Gasteiger partial charge < -0.3 is 10.1 Å². The van der Waals surface area contributed by atoms with Gasteiger partial charge in [-0.25, -0.2) is 0 Å². The normalized spacial score (nSPS) is 22.5. The Bertz CT molecular complexity index is 717. The van der Waals surface area contributed by atoms with Gasteiger partial charge >= 0.3 is 0 Å². The van der Waals surface area contributed by atoms with E-state index in [4.69, 9.17) is 4.74 Å². The minimum Gasteiger partial charge on any atom is -0.384 e. The van der Waals surface area contributed by atoms with Crippen LogP contribution in [-0.2, 0) is 27.9 Å². The molecule has 0 spiro atoms. The van der Waals surface area contributed by atoms with Gasteiger partial charge in [-0.15, -0.1) is 12.4 Å². The number of piperazine rings is 1. The lowest BCUT2D eigenvalue weighted by Crippen LogP contribution is -2.54. The van der Waals surface area contributed by atoms with Crippen molar-refractivity contribution < 1.29 is 13.2 Å². The van der Waals surface area contributed by atoms with Crippen LogP contribution in [0.15, 0.2) is 18.2 Å². The Kier molecular flexibility index (Phi) is 6.42. The van der Waals surface area contributed by atoms with Crippen LogP contribution in [0.3, 0.4) is 0 Å². The maximum absolute atomic E-state index is 12.7. The summed E-state index contributed by atoms with van der Waals surface area (Å²) in [6.45, 7) is 6.45. The van der Waals surface area contributed by atoms with E-state index in [1.165, 1.54) is 16.8 Å². The summed E-state index contributed by atoms with van der Waals surface area (Å²) in [6, 6.07) is 6.49. The topological polar surface area (TPSA) is 65.1 Å². The average Bonchev–Trinajstić information content (AvgIpc) is 3.13. The third-order valence-corrected chi connectivity index (χ3v) is 7.32. The van der Waals surface area contributed by atoms with E-state index in [2.05, 4.69) is 28.4 Å². The van der Waals surface area contributed by atoms with E-state index in [-0.39, 0.29) is 12.4 Å². The lowest BCUT2D eigenvalue weighted by atomic mass is 10.1. The first-order valence-corrected chi connectivity index (χ1v) is 10.4. The summed E-state index contributed by atoms with van der Waals surface area (Å²) in [5.74, 6) is 0. The molecule has 3 heterocycles. The van der Waals surface area contributed by atoms with E-state index in [9.17, 15) is 8.42 Å². The number of morpholine rings is 1. The number of fused-ring (bicyclic) bond motifs is 1. The van der Waals surface area contributed by atoms with Gasteiger partial charge in [-0.2, -0.15) is 17.0 Å². The van der Waals surface area contributed by atoms with Crippen LogP contribution in [0.25, 0.3) is 0 Å². The van der Waals surface area contributed by atoms with E-state index in [0.717, 1.165) is 32.6 Å². The molecule has 0 amide bonds. The van der Waals surface area contributed by atoms with Gasteiger partial charge in [-0.1, -0.05) is 18.2 Å². The first-order valence-electron chi connectivity index (χ1n) is 9.04.